The Morgan fingerprint density at radius 2 is 2.22 bits per heavy atom. The van der Waals surface area contributed by atoms with Crippen molar-refractivity contribution < 1.29 is 4.52 Å². The summed E-state index contributed by atoms with van der Waals surface area (Å²) in [7, 11) is 0. The highest BCUT2D eigenvalue weighted by molar-refractivity contribution is 8.00. The predicted octanol–water partition coefficient (Wildman–Crippen LogP) is 3.50. The number of hydrogen-bond acceptors (Lipinski definition) is 1. The van der Waals surface area contributed by atoms with E-state index in [1.807, 2.05) is 0 Å². The molecule has 1 unspecified atom stereocenters. The maximum atomic E-state index is 5.56. The van der Waals surface area contributed by atoms with Gasteiger partial charge in [0.2, 0.25) is 6.85 Å². The first kappa shape index (κ1) is 10.0. The fourth-order valence-corrected chi connectivity index (χ4v) is 0.958. The first-order chi connectivity index (χ1) is 4.16. The Balaban J connectivity index is 3.16. The standard InChI is InChI=1S/C4H6Cl3OP/c1-2-4(5)3-8-9(6)7/h2,4H,1,3H2. The van der Waals surface area contributed by atoms with Crippen LogP contribution >= 0.6 is 40.9 Å². The number of halogens is 3. The highest BCUT2D eigenvalue weighted by Crippen LogP contribution is 2.47. The Hall–Kier alpha value is 1.00. The summed E-state index contributed by atoms with van der Waals surface area (Å²) in [4.78, 5) is 0. The van der Waals surface area contributed by atoms with Crippen LogP contribution in [-0.4, -0.2) is 12.0 Å². The first-order valence-corrected chi connectivity index (χ1v) is 5.68. The maximum Gasteiger partial charge on any atom is 0.225 e. The normalized spacial score (nSPS) is 13.8. The van der Waals surface area contributed by atoms with Crippen molar-refractivity contribution in [2.75, 3.05) is 6.61 Å². The summed E-state index contributed by atoms with van der Waals surface area (Å²) in [6, 6.07) is 0. The summed E-state index contributed by atoms with van der Waals surface area (Å²) in [6.45, 7) is 2.44. The van der Waals surface area contributed by atoms with Gasteiger partial charge in [0.05, 0.1) is 12.0 Å². The van der Waals surface area contributed by atoms with E-state index in [9.17, 15) is 0 Å². The zero-order valence-corrected chi connectivity index (χ0v) is 7.72. The van der Waals surface area contributed by atoms with Crippen molar-refractivity contribution in [2.24, 2.45) is 0 Å². The van der Waals surface area contributed by atoms with Gasteiger partial charge in [-0.3, -0.25) is 0 Å². The molecule has 0 aliphatic rings. The van der Waals surface area contributed by atoms with Crippen LogP contribution in [0.2, 0.25) is 0 Å². The average molecular weight is 207 g/mol. The molecule has 0 saturated carbocycles. The molecule has 0 N–H and O–H groups in total. The van der Waals surface area contributed by atoms with Gasteiger partial charge in [-0.25, -0.2) is 0 Å². The van der Waals surface area contributed by atoms with E-state index < -0.39 is 6.85 Å². The van der Waals surface area contributed by atoms with Gasteiger partial charge in [0.1, 0.15) is 0 Å². The maximum absolute atomic E-state index is 5.56. The van der Waals surface area contributed by atoms with Crippen LogP contribution < -0.4 is 0 Å². The molecule has 54 valence electrons. The molecule has 0 spiro atoms. The van der Waals surface area contributed by atoms with Gasteiger partial charge in [0, 0.05) is 0 Å². The molecule has 0 aromatic carbocycles. The van der Waals surface area contributed by atoms with E-state index in [0.29, 0.717) is 6.61 Å². The molecule has 0 aromatic heterocycles. The molecule has 0 aromatic rings. The molecule has 0 rings (SSSR count). The van der Waals surface area contributed by atoms with Gasteiger partial charge < -0.3 is 4.52 Å². The lowest BCUT2D eigenvalue weighted by atomic mass is 10.4. The highest BCUT2D eigenvalue weighted by Gasteiger charge is 2.02. The lowest BCUT2D eigenvalue weighted by Crippen LogP contribution is -2.00. The summed E-state index contributed by atoms with van der Waals surface area (Å²) in [6.07, 6.45) is 1.56. The predicted molar refractivity (Wildman–Crippen MR) is 44.4 cm³/mol. The van der Waals surface area contributed by atoms with Crippen molar-refractivity contribution in [3.8, 4) is 0 Å². The third-order valence-electron chi connectivity index (χ3n) is 0.587. The molecule has 0 saturated heterocycles. The van der Waals surface area contributed by atoms with Gasteiger partial charge in [-0.2, -0.15) is 0 Å². The Kier molecular flexibility index (Phi) is 6.40. The van der Waals surface area contributed by atoms with Crippen LogP contribution in [-0.2, 0) is 4.52 Å². The lowest BCUT2D eigenvalue weighted by molar-refractivity contribution is 0.378. The molecule has 5 heteroatoms. The van der Waals surface area contributed by atoms with Crippen molar-refractivity contribution in [2.45, 2.75) is 5.38 Å². The fourth-order valence-electron chi connectivity index (χ4n) is 0.196. The molecule has 9 heavy (non-hydrogen) atoms. The monoisotopic (exact) mass is 206 g/mol. The number of hydrogen-bond donors (Lipinski definition) is 0. The Morgan fingerprint density at radius 1 is 1.67 bits per heavy atom. The zero-order chi connectivity index (χ0) is 7.28. The fraction of sp³-hybridized carbons (Fsp3) is 0.500. The van der Waals surface area contributed by atoms with Gasteiger partial charge in [-0.1, -0.05) is 6.08 Å². The molecule has 0 aliphatic heterocycles. The largest absolute Gasteiger partial charge is 0.330 e. The van der Waals surface area contributed by atoms with E-state index >= 15 is 0 Å². The summed E-state index contributed by atoms with van der Waals surface area (Å²) >= 11 is 16.1. The molecular formula is C4H6Cl3OP. The van der Waals surface area contributed by atoms with E-state index in [1.165, 1.54) is 0 Å². The second-order valence-corrected chi connectivity index (χ2v) is 4.83. The van der Waals surface area contributed by atoms with Gasteiger partial charge in [-0.05, 0) is 22.5 Å². The SMILES string of the molecule is C=CC(Cl)COP(Cl)Cl. The minimum absolute atomic E-state index is 0.201. The molecule has 0 bridgehead atoms. The van der Waals surface area contributed by atoms with Gasteiger partial charge in [-0.15, -0.1) is 18.2 Å². The van der Waals surface area contributed by atoms with Crippen molar-refractivity contribution in [1.29, 1.82) is 0 Å². The summed E-state index contributed by atoms with van der Waals surface area (Å²) < 4.78 is 4.79. The molecule has 0 aliphatic carbocycles. The minimum atomic E-state index is -1.33. The molecule has 0 heterocycles. The van der Waals surface area contributed by atoms with E-state index in [1.54, 1.807) is 6.08 Å². The number of alkyl halides is 1. The second-order valence-electron chi connectivity index (χ2n) is 1.25. The van der Waals surface area contributed by atoms with Crippen LogP contribution in [0.1, 0.15) is 0 Å². The second kappa shape index (κ2) is 5.76. The molecule has 0 radical (unpaired) electrons. The first-order valence-electron chi connectivity index (χ1n) is 2.18. The van der Waals surface area contributed by atoms with Crippen molar-refractivity contribution in [1.82, 2.24) is 0 Å². The van der Waals surface area contributed by atoms with Crippen LogP contribution in [0.15, 0.2) is 12.7 Å². The highest BCUT2D eigenvalue weighted by atomic mass is 35.9. The molecular weight excluding hydrogens is 201 g/mol. The molecule has 1 nitrogen and oxygen atoms in total. The Labute approximate surface area is 70.3 Å². The van der Waals surface area contributed by atoms with Crippen LogP contribution in [0.25, 0.3) is 0 Å². The third-order valence-corrected chi connectivity index (χ3v) is 1.82. The topological polar surface area (TPSA) is 9.23 Å². The minimum Gasteiger partial charge on any atom is -0.330 e. The summed E-state index contributed by atoms with van der Waals surface area (Å²) in [5, 5.41) is -0.201. The van der Waals surface area contributed by atoms with Gasteiger partial charge >= 0.3 is 0 Å². The van der Waals surface area contributed by atoms with Crippen molar-refractivity contribution >= 4 is 40.9 Å². The zero-order valence-electron chi connectivity index (χ0n) is 4.56. The Morgan fingerprint density at radius 3 is 2.56 bits per heavy atom. The Bertz CT molecular complexity index is 87.9. The van der Waals surface area contributed by atoms with Gasteiger partial charge in [0.25, 0.3) is 0 Å². The molecule has 0 amide bonds. The van der Waals surface area contributed by atoms with Crippen LogP contribution in [0, 0.1) is 0 Å². The molecule has 1 atom stereocenters. The lowest BCUT2D eigenvalue weighted by Gasteiger charge is -2.03. The quantitative estimate of drug-likeness (QED) is 0.389. The number of rotatable bonds is 4. The van der Waals surface area contributed by atoms with E-state index in [-0.39, 0.29) is 5.38 Å². The van der Waals surface area contributed by atoms with Crippen LogP contribution in [0.4, 0.5) is 0 Å². The molecule has 0 fully saturated rings. The summed E-state index contributed by atoms with van der Waals surface area (Å²) in [5.74, 6) is 0. The third kappa shape index (κ3) is 6.89. The average Bonchev–Trinajstić information content (AvgIpc) is 1.83. The van der Waals surface area contributed by atoms with Crippen molar-refractivity contribution in [3.05, 3.63) is 12.7 Å². The van der Waals surface area contributed by atoms with Crippen LogP contribution in [0.3, 0.4) is 0 Å². The summed E-state index contributed by atoms with van der Waals surface area (Å²) in [5.41, 5.74) is 0. The van der Waals surface area contributed by atoms with Crippen LogP contribution in [0.5, 0.6) is 0 Å². The smallest absolute Gasteiger partial charge is 0.225 e. The van der Waals surface area contributed by atoms with Crippen molar-refractivity contribution in [3.63, 3.8) is 0 Å². The van der Waals surface area contributed by atoms with E-state index in [2.05, 4.69) is 6.58 Å². The van der Waals surface area contributed by atoms with Gasteiger partial charge in [0.15, 0.2) is 0 Å². The van der Waals surface area contributed by atoms with E-state index in [4.69, 9.17) is 38.6 Å². The van der Waals surface area contributed by atoms with E-state index in [0.717, 1.165) is 0 Å².